The molecule has 1 fully saturated rings. The summed E-state index contributed by atoms with van der Waals surface area (Å²) in [5.74, 6) is 0.370. The van der Waals surface area contributed by atoms with Gasteiger partial charge in [0.2, 0.25) is 0 Å². The standard InChI is InChI=1S/C12H17NO/c1-8-7-10(3-4-11(8)14)12(5-6-12)9(2)13/h3-4,7,9,14H,5-6,13H2,1-2H3. The molecule has 0 heterocycles. The first-order valence-electron chi connectivity index (χ1n) is 5.12. The smallest absolute Gasteiger partial charge is 0.118 e. The second-order valence-electron chi connectivity index (χ2n) is 4.45. The van der Waals surface area contributed by atoms with Gasteiger partial charge >= 0.3 is 0 Å². The molecule has 1 saturated carbocycles. The molecule has 14 heavy (non-hydrogen) atoms. The third kappa shape index (κ3) is 1.30. The van der Waals surface area contributed by atoms with E-state index in [1.807, 2.05) is 13.0 Å². The second-order valence-corrected chi connectivity index (χ2v) is 4.45. The Balaban J connectivity index is 2.38. The Hall–Kier alpha value is -1.02. The summed E-state index contributed by atoms with van der Waals surface area (Å²) in [6.07, 6.45) is 2.35. The van der Waals surface area contributed by atoms with Gasteiger partial charge in [0.15, 0.2) is 0 Å². The lowest BCUT2D eigenvalue weighted by Crippen LogP contribution is -2.31. The number of phenols is 1. The van der Waals surface area contributed by atoms with Crippen LogP contribution in [0, 0.1) is 6.92 Å². The van der Waals surface area contributed by atoms with Crippen LogP contribution in [0.2, 0.25) is 0 Å². The van der Waals surface area contributed by atoms with Crippen LogP contribution in [0.1, 0.15) is 30.9 Å². The Morgan fingerprint density at radius 2 is 2.07 bits per heavy atom. The average molecular weight is 191 g/mol. The van der Waals surface area contributed by atoms with Crippen molar-refractivity contribution < 1.29 is 5.11 Å². The lowest BCUT2D eigenvalue weighted by atomic mass is 9.88. The Kier molecular flexibility index (Phi) is 2.04. The molecular formula is C12H17NO. The van der Waals surface area contributed by atoms with Gasteiger partial charge in [-0.3, -0.25) is 0 Å². The van der Waals surface area contributed by atoms with Crippen molar-refractivity contribution in [2.45, 2.75) is 38.1 Å². The van der Waals surface area contributed by atoms with Crippen LogP contribution < -0.4 is 5.73 Å². The maximum Gasteiger partial charge on any atom is 0.118 e. The van der Waals surface area contributed by atoms with Crippen molar-refractivity contribution in [3.63, 3.8) is 0 Å². The maximum atomic E-state index is 9.44. The van der Waals surface area contributed by atoms with E-state index in [1.54, 1.807) is 6.07 Å². The fourth-order valence-electron chi connectivity index (χ4n) is 2.11. The van der Waals surface area contributed by atoms with Gasteiger partial charge in [-0.1, -0.05) is 12.1 Å². The largest absolute Gasteiger partial charge is 0.508 e. The van der Waals surface area contributed by atoms with E-state index in [0.29, 0.717) is 5.75 Å². The van der Waals surface area contributed by atoms with Gasteiger partial charge in [0.25, 0.3) is 0 Å². The molecule has 1 aromatic carbocycles. The van der Waals surface area contributed by atoms with Gasteiger partial charge in [0, 0.05) is 11.5 Å². The van der Waals surface area contributed by atoms with Crippen LogP contribution in [0.25, 0.3) is 0 Å². The summed E-state index contributed by atoms with van der Waals surface area (Å²) in [5.41, 5.74) is 8.40. The van der Waals surface area contributed by atoms with Crippen LogP contribution in [0.3, 0.4) is 0 Å². The van der Waals surface area contributed by atoms with Gasteiger partial charge < -0.3 is 10.8 Å². The highest BCUT2D eigenvalue weighted by Crippen LogP contribution is 2.50. The van der Waals surface area contributed by atoms with E-state index in [2.05, 4.69) is 13.0 Å². The Bertz CT molecular complexity index is 353. The van der Waals surface area contributed by atoms with Gasteiger partial charge in [0.1, 0.15) is 5.75 Å². The monoisotopic (exact) mass is 191 g/mol. The van der Waals surface area contributed by atoms with Gasteiger partial charge in [-0.25, -0.2) is 0 Å². The van der Waals surface area contributed by atoms with Crippen LogP contribution in [0.15, 0.2) is 18.2 Å². The van der Waals surface area contributed by atoms with Crippen LogP contribution in [-0.2, 0) is 5.41 Å². The fourth-order valence-corrected chi connectivity index (χ4v) is 2.11. The molecule has 1 unspecified atom stereocenters. The van der Waals surface area contributed by atoms with Gasteiger partial charge in [-0.15, -0.1) is 0 Å². The highest BCUT2D eigenvalue weighted by molar-refractivity contribution is 5.42. The van der Waals surface area contributed by atoms with E-state index < -0.39 is 0 Å². The molecule has 0 spiro atoms. The van der Waals surface area contributed by atoms with Crippen molar-refractivity contribution in [3.05, 3.63) is 29.3 Å². The molecule has 76 valence electrons. The van der Waals surface area contributed by atoms with Crippen molar-refractivity contribution in [2.75, 3.05) is 0 Å². The molecule has 1 aliphatic rings. The van der Waals surface area contributed by atoms with Crippen molar-refractivity contribution in [1.82, 2.24) is 0 Å². The SMILES string of the molecule is Cc1cc(C2(C(C)N)CC2)ccc1O. The average Bonchev–Trinajstić information content (AvgIpc) is 2.90. The van der Waals surface area contributed by atoms with E-state index in [1.165, 1.54) is 18.4 Å². The third-order valence-corrected chi connectivity index (χ3v) is 3.43. The van der Waals surface area contributed by atoms with E-state index in [0.717, 1.165) is 5.56 Å². The minimum absolute atomic E-state index is 0.193. The summed E-state index contributed by atoms with van der Waals surface area (Å²) in [5, 5.41) is 9.44. The molecule has 2 heteroatoms. The predicted molar refractivity (Wildman–Crippen MR) is 57.4 cm³/mol. The van der Waals surface area contributed by atoms with Crippen molar-refractivity contribution in [2.24, 2.45) is 5.73 Å². The lowest BCUT2D eigenvalue weighted by molar-refractivity contribution is 0.469. The summed E-state index contributed by atoms with van der Waals surface area (Å²) in [6.45, 7) is 3.99. The zero-order chi connectivity index (χ0) is 10.3. The predicted octanol–water partition coefficient (Wildman–Crippen LogP) is 2.08. The van der Waals surface area contributed by atoms with Gasteiger partial charge in [-0.2, -0.15) is 0 Å². The first-order chi connectivity index (χ1) is 6.56. The Morgan fingerprint density at radius 1 is 1.43 bits per heavy atom. The number of aromatic hydroxyl groups is 1. The van der Waals surface area contributed by atoms with E-state index >= 15 is 0 Å². The minimum atomic E-state index is 0.193. The Labute approximate surface area is 84.7 Å². The minimum Gasteiger partial charge on any atom is -0.508 e. The zero-order valence-electron chi connectivity index (χ0n) is 8.75. The molecule has 0 aromatic heterocycles. The third-order valence-electron chi connectivity index (χ3n) is 3.43. The van der Waals surface area contributed by atoms with Gasteiger partial charge in [-0.05, 0) is 43.9 Å². The summed E-state index contributed by atoms with van der Waals surface area (Å²) >= 11 is 0. The number of nitrogens with two attached hydrogens (primary N) is 1. The summed E-state index contributed by atoms with van der Waals surface area (Å²) in [7, 11) is 0. The first-order valence-corrected chi connectivity index (χ1v) is 5.12. The zero-order valence-corrected chi connectivity index (χ0v) is 8.75. The van der Waals surface area contributed by atoms with Crippen LogP contribution in [-0.4, -0.2) is 11.1 Å². The van der Waals surface area contributed by atoms with Crippen molar-refractivity contribution in [3.8, 4) is 5.75 Å². The molecule has 1 aliphatic carbocycles. The molecule has 0 bridgehead atoms. The molecular weight excluding hydrogens is 174 g/mol. The maximum absolute atomic E-state index is 9.44. The number of aryl methyl sites for hydroxylation is 1. The molecule has 0 radical (unpaired) electrons. The molecule has 0 amide bonds. The molecule has 1 aromatic rings. The molecule has 2 rings (SSSR count). The number of hydrogen-bond acceptors (Lipinski definition) is 2. The van der Waals surface area contributed by atoms with Crippen molar-refractivity contribution in [1.29, 1.82) is 0 Å². The number of phenolic OH excluding ortho intramolecular Hbond substituents is 1. The Morgan fingerprint density at radius 3 is 2.50 bits per heavy atom. The molecule has 0 saturated heterocycles. The number of rotatable bonds is 2. The highest BCUT2D eigenvalue weighted by Gasteiger charge is 2.47. The van der Waals surface area contributed by atoms with Crippen molar-refractivity contribution >= 4 is 0 Å². The summed E-state index contributed by atoms with van der Waals surface area (Å²) in [4.78, 5) is 0. The van der Waals surface area contributed by atoms with Crippen LogP contribution >= 0.6 is 0 Å². The molecule has 0 aliphatic heterocycles. The molecule has 3 N–H and O–H groups in total. The fraction of sp³-hybridized carbons (Fsp3) is 0.500. The van der Waals surface area contributed by atoms with E-state index in [4.69, 9.17) is 5.73 Å². The quantitative estimate of drug-likeness (QED) is 0.751. The highest BCUT2D eigenvalue weighted by atomic mass is 16.3. The normalized spacial score (nSPS) is 20.5. The van der Waals surface area contributed by atoms with E-state index in [-0.39, 0.29) is 11.5 Å². The second kappa shape index (κ2) is 2.99. The first kappa shape index (κ1) is 9.53. The van der Waals surface area contributed by atoms with Crippen LogP contribution in [0.5, 0.6) is 5.75 Å². The number of hydrogen-bond donors (Lipinski definition) is 2. The number of benzene rings is 1. The lowest BCUT2D eigenvalue weighted by Gasteiger charge is -2.20. The molecule has 2 nitrogen and oxygen atoms in total. The molecule has 1 atom stereocenters. The van der Waals surface area contributed by atoms with Crippen LogP contribution in [0.4, 0.5) is 0 Å². The van der Waals surface area contributed by atoms with Gasteiger partial charge in [0.05, 0.1) is 0 Å². The summed E-state index contributed by atoms with van der Waals surface area (Å²) < 4.78 is 0. The van der Waals surface area contributed by atoms with E-state index in [9.17, 15) is 5.11 Å². The topological polar surface area (TPSA) is 46.2 Å². The summed E-state index contributed by atoms with van der Waals surface area (Å²) in [6, 6.07) is 6.03.